The van der Waals surface area contributed by atoms with Crippen molar-refractivity contribution in [3.8, 4) is 0 Å². The Balaban J connectivity index is 1.78. The van der Waals surface area contributed by atoms with Crippen molar-refractivity contribution in [2.24, 2.45) is 0 Å². The number of ether oxygens (including phenoxy) is 1. The second-order valence-corrected chi connectivity index (χ2v) is 5.41. The van der Waals surface area contributed by atoms with Crippen LogP contribution >= 0.6 is 0 Å². The van der Waals surface area contributed by atoms with Crippen LogP contribution in [0.25, 0.3) is 0 Å². The Kier molecular flexibility index (Phi) is 5.56. The molecular formula is C16H24N2O2. The molecule has 2 rings (SSSR count). The number of carbonyl (C=O) groups is 1. The minimum atomic E-state index is -0.254. The summed E-state index contributed by atoms with van der Waals surface area (Å²) in [7, 11) is 2.18. The molecule has 0 amide bonds. The molecule has 4 heteroatoms. The average Bonchev–Trinajstić information content (AvgIpc) is 2.66. The zero-order chi connectivity index (χ0) is 14.4. The predicted molar refractivity (Wildman–Crippen MR) is 80.5 cm³/mol. The number of nitrogens with zero attached hydrogens (tertiary/aromatic N) is 2. The van der Waals surface area contributed by atoms with E-state index in [1.807, 2.05) is 6.08 Å². The SMILES string of the molecule is C=CC1=C(/C=C/CCN2CCCN(C)CC2)COC1=O. The van der Waals surface area contributed by atoms with Crippen LogP contribution in [-0.4, -0.2) is 62.1 Å². The van der Waals surface area contributed by atoms with E-state index in [1.54, 1.807) is 6.08 Å². The summed E-state index contributed by atoms with van der Waals surface area (Å²) in [5.41, 5.74) is 1.55. The van der Waals surface area contributed by atoms with Crippen LogP contribution in [0.1, 0.15) is 12.8 Å². The summed E-state index contributed by atoms with van der Waals surface area (Å²) in [6, 6.07) is 0. The van der Waals surface area contributed by atoms with Crippen molar-refractivity contribution in [1.29, 1.82) is 0 Å². The Morgan fingerprint density at radius 3 is 2.95 bits per heavy atom. The Hall–Kier alpha value is -1.39. The van der Waals surface area contributed by atoms with Crippen LogP contribution in [0.5, 0.6) is 0 Å². The Labute approximate surface area is 121 Å². The fraction of sp³-hybridized carbons (Fsp3) is 0.562. The molecule has 2 aliphatic rings. The van der Waals surface area contributed by atoms with Crippen LogP contribution in [-0.2, 0) is 9.53 Å². The van der Waals surface area contributed by atoms with E-state index in [2.05, 4.69) is 29.5 Å². The van der Waals surface area contributed by atoms with Crippen LogP contribution in [0.15, 0.2) is 36.0 Å². The van der Waals surface area contributed by atoms with Gasteiger partial charge in [0.25, 0.3) is 0 Å². The van der Waals surface area contributed by atoms with Gasteiger partial charge in [0.05, 0.1) is 5.57 Å². The molecular weight excluding hydrogens is 252 g/mol. The van der Waals surface area contributed by atoms with E-state index >= 15 is 0 Å². The van der Waals surface area contributed by atoms with Crippen molar-refractivity contribution >= 4 is 5.97 Å². The lowest BCUT2D eigenvalue weighted by Gasteiger charge is -2.18. The summed E-state index contributed by atoms with van der Waals surface area (Å²) in [5, 5.41) is 0. The highest BCUT2D eigenvalue weighted by Crippen LogP contribution is 2.17. The highest BCUT2D eigenvalue weighted by Gasteiger charge is 2.19. The summed E-state index contributed by atoms with van der Waals surface area (Å²) in [6.45, 7) is 9.79. The number of carbonyl (C=O) groups excluding carboxylic acids is 1. The van der Waals surface area contributed by atoms with Crippen molar-refractivity contribution in [3.63, 3.8) is 0 Å². The summed E-state index contributed by atoms with van der Waals surface area (Å²) in [6.07, 6.45) is 7.97. The van der Waals surface area contributed by atoms with Gasteiger partial charge in [0, 0.05) is 25.2 Å². The van der Waals surface area contributed by atoms with Gasteiger partial charge in [-0.3, -0.25) is 0 Å². The molecule has 0 radical (unpaired) electrons. The molecule has 0 unspecified atom stereocenters. The van der Waals surface area contributed by atoms with Gasteiger partial charge in [0.1, 0.15) is 6.61 Å². The first kappa shape index (κ1) is 15.0. The molecule has 0 atom stereocenters. The third-order valence-electron chi connectivity index (χ3n) is 3.87. The summed E-state index contributed by atoms with van der Waals surface area (Å²) in [5.74, 6) is -0.254. The van der Waals surface area contributed by atoms with Crippen LogP contribution in [0.2, 0.25) is 0 Å². The van der Waals surface area contributed by atoms with Gasteiger partial charge in [0.15, 0.2) is 0 Å². The molecule has 2 aliphatic heterocycles. The first-order chi connectivity index (χ1) is 9.70. The van der Waals surface area contributed by atoms with Gasteiger partial charge in [-0.05, 0) is 33.0 Å². The molecule has 1 saturated heterocycles. The summed E-state index contributed by atoms with van der Waals surface area (Å²) in [4.78, 5) is 16.3. The van der Waals surface area contributed by atoms with Crippen molar-refractivity contribution < 1.29 is 9.53 Å². The third kappa shape index (κ3) is 4.05. The number of esters is 1. The van der Waals surface area contributed by atoms with E-state index in [0.717, 1.165) is 31.6 Å². The van der Waals surface area contributed by atoms with E-state index in [9.17, 15) is 4.79 Å². The molecule has 0 aliphatic carbocycles. The lowest BCUT2D eigenvalue weighted by atomic mass is 10.1. The van der Waals surface area contributed by atoms with Crippen molar-refractivity contribution in [3.05, 3.63) is 36.0 Å². The van der Waals surface area contributed by atoms with Gasteiger partial charge in [-0.1, -0.05) is 24.8 Å². The quantitative estimate of drug-likeness (QED) is 0.714. The number of cyclic esters (lactones) is 1. The summed E-state index contributed by atoms with van der Waals surface area (Å²) >= 11 is 0. The molecule has 2 heterocycles. The third-order valence-corrected chi connectivity index (χ3v) is 3.87. The number of likely N-dealkylation sites (N-methyl/N-ethyl adjacent to an activating group) is 1. The highest BCUT2D eigenvalue weighted by molar-refractivity contribution is 5.95. The molecule has 0 aromatic heterocycles. The second kappa shape index (κ2) is 7.41. The average molecular weight is 276 g/mol. The maximum atomic E-state index is 11.4. The summed E-state index contributed by atoms with van der Waals surface area (Å²) < 4.78 is 4.99. The van der Waals surface area contributed by atoms with Gasteiger partial charge in [-0.15, -0.1) is 0 Å². The predicted octanol–water partition coefficient (Wildman–Crippen LogP) is 1.61. The molecule has 1 fully saturated rings. The molecule has 110 valence electrons. The number of hydrogen-bond acceptors (Lipinski definition) is 4. The minimum Gasteiger partial charge on any atom is -0.457 e. The minimum absolute atomic E-state index is 0.254. The van der Waals surface area contributed by atoms with Gasteiger partial charge in [-0.25, -0.2) is 4.79 Å². The maximum absolute atomic E-state index is 11.4. The zero-order valence-corrected chi connectivity index (χ0v) is 12.3. The molecule has 0 spiro atoms. The van der Waals surface area contributed by atoms with Gasteiger partial charge in [0.2, 0.25) is 0 Å². The van der Waals surface area contributed by atoms with E-state index < -0.39 is 0 Å². The first-order valence-corrected chi connectivity index (χ1v) is 7.31. The van der Waals surface area contributed by atoms with E-state index in [4.69, 9.17) is 4.74 Å². The molecule has 4 nitrogen and oxygen atoms in total. The number of rotatable bonds is 5. The topological polar surface area (TPSA) is 32.8 Å². The fourth-order valence-corrected chi connectivity index (χ4v) is 2.59. The monoisotopic (exact) mass is 276 g/mol. The van der Waals surface area contributed by atoms with E-state index in [-0.39, 0.29) is 5.97 Å². The normalized spacial score (nSPS) is 22.4. The lowest BCUT2D eigenvalue weighted by Crippen LogP contribution is -2.29. The van der Waals surface area contributed by atoms with Crippen molar-refractivity contribution in [2.75, 3.05) is 46.4 Å². The van der Waals surface area contributed by atoms with E-state index in [1.165, 1.54) is 19.5 Å². The Morgan fingerprint density at radius 2 is 2.15 bits per heavy atom. The van der Waals surface area contributed by atoms with Crippen LogP contribution in [0, 0.1) is 0 Å². The Bertz CT molecular complexity index is 426. The number of hydrogen-bond donors (Lipinski definition) is 0. The molecule has 0 aromatic rings. The molecule has 0 aromatic carbocycles. The van der Waals surface area contributed by atoms with Crippen molar-refractivity contribution in [1.82, 2.24) is 9.80 Å². The smallest absolute Gasteiger partial charge is 0.338 e. The first-order valence-electron chi connectivity index (χ1n) is 7.31. The van der Waals surface area contributed by atoms with Crippen LogP contribution in [0.4, 0.5) is 0 Å². The zero-order valence-electron chi connectivity index (χ0n) is 12.3. The van der Waals surface area contributed by atoms with Crippen LogP contribution in [0.3, 0.4) is 0 Å². The molecule has 0 N–H and O–H groups in total. The van der Waals surface area contributed by atoms with Gasteiger partial charge < -0.3 is 14.5 Å². The lowest BCUT2D eigenvalue weighted by molar-refractivity contribution is -0.135. The second-order valence-electron chi connectivity index (χ2n) is 5.41. The van der Waals surface area contributed by atoms with Crippen LogP contribution < -0.4 is 0 Å². The largest absolute Gasteiger partial charge is 0.457 e. The van der Waals surface area contributed by atoms with E-state index in [0.29, 0.717) is 12.2 Å². The fourth-order valence-electron chi connectivity index (χ4n) is 2.59. The molecule has 0 saturated carbocycles. The highest BCUT2D eigenvalue weighted by atomic mass is 16.5. The van der Waals surface area contributed by atoms with Gasteiger partial charge >= 0.3 is 5.97 Å². The van der Waals surface area contributed by atoms with Gasteiger partial charge in [-0.2, -0.15) is 0 Å². The van der Waals surface area contributed by atoms with Crippen molar-refractivity contribution in [2.45, 2.75) is 12.8 Å². The standard InChI is InChI=1S/C16H24N2O2/c1-3-15-14(13-20-16(15)19)7-4-5-9-18-10-6-8-17(2)11-12-18/h3-4,7H,1,5-6,8-13H2,2H3/b7-4+. The molecule has 20 heavy (non-hydrogen) atoms. The maximum Gasteiger partial charge on any atom is 0.338 e. The molecule has 0 bridgehead atoms. The Morgan fingerprint density at radius 1 is 1.30 bits per heavy atom.